The minimum atomic E-state index is -0.455. The van der Waals surface area contributed by atoms with Crippen LogP contribution in [0.1, 0.15) is 34.6 Å². The number of carbonyl (C=O) groups excluding carboxylic acids is 1. The van der Waals surface area contributed by atoms with E-state index in [0.29, 0.717) is 38.1 Å². The molecule has 0 radical (unpaired) electrons. The fourth-order valence-electron chi connectivity index (χ4n) is 3.36. The van der Waals surface area contributed by atoms with Crippen LogP contribution in [0.15, 0.2) is 0 Å². The molecule has 5 nitrogen and oxygen atoms in total. The van der Waals surface area contributed by atoms with Gasteiger partial charge < -0.3 is 20.1 Å². The Bertz CT molecular complexity index is 376. The summed E-state index contributed by atoms with van der Waals surface area (Å²) in [6.45, 7) is 12.6. The lowest BCUT2D eigenvalue weighted by atomic mass is 10.0. The SMILES string of the molecule is CC(C)(C)OC(=O)N1CCOC(C2C(CN)C2(C)C)C1. The summed E-state index contributed by atoms with van der Waals surface area (Å²) in [6, 6.07) is 0. The number of hydrogen-bond acceptors (Lipinski definition) is 4. The summed E-state index contributed by atoms with van der Waals surface area (Å²) >= 11 is 0. The summed E-state index contributed by atoms with van der Waals surface area (Å²) in [7, 11) is 0. The zero-order valence-corrected chi connectivity index (χ0v) is 13.3. The van der Waals surface area contributed by atoms with E-state index in [4.69, 9.17) is 15.2 Å². The Labute approximate surface area is 121 Å². The monoisotopic (exact) mass is 284 g/mol. The van der Waals surface area contributed by atoms with Gasteiger partial charge in [-0.1, -0.05) is 13.8 Å². The zero-order valence-electron chi connectivity index (χ0n) is 13.3. The first kappa shape index (κ1) is 15.6. The Kier molecular flexibility index (Phi) is 4.04. The molecule has 0 spiro atoms. The van der Waals surface area contributed by atoms with Crippen LogP contribution < -0.4 is 5.73 Å². The average Bonchev–Trinajstić information content (AvgIpc) is 2.89. The van der Waals surface area contributed by atoms with Crippen LogP contribution in [0, 0.1) is 17.3 Å². The van der Waals surface area contributed by atoms with Crippen molar-refractivity contribution in [1.82, 2.24) is 4.90 Å². The Morgan fingerprint density at radius 3 is 2.60 bits per heavy atom. The number of carbonyl (C=O) groups is 1. The molecule has 116 valence electrons. The first-order valence-corrected chi connectivity index (χ1v) is 7.46. The highest BCUT2D eigenvalue weighted by Gasteiger charge is 2.61. The van der Waals surface area contributed by atoms with E-state index in [1.54, 1.807) is 4.90 Å². The molecule has 2 fully saturated rings. The van der Waals surface area contributed by atoms with Crippen LogP contribution in [0.25, 0.3) is 0 Å². The second-order valence-electron chi connectivity index (χ2n) is 7.52. The van der Waals surface area contributed by atoms with Gasteiger partial charge in [-0.15, -0.1) is 0 Å². The summed E-state index contributed by atoms with van der Waals surface area (Å²) in [4.78, 5) is 13.9. The second kappa shape index (κ2) is 5.19. The quantitative estimate of drug-likeness (QED) is 0.840. The van der Waals surface area contributed by atoms with Crippen molar-refractivity contribution in [3.63, 3.8) is 0 Å². The largest absolute Gasteiger partial charge is 0.444 e. The van der Waals surface area contributed by atoms with E-state index < -0.39 is 5.60 Å². The normalized spacial score (nSPS) is 32.9. The summed E-state index contributed by atoms with van der Waals surface area (Å²) in [6.07, 6.45) is -0.159. The minimum Gasteiger partial charge on any atom is -0.444 e. The van der Waals surface area contributed by atoms with Gasteiger partial charge in [0.2, 0.25) is 0 Å². The second-order valence-corrected chi connectivity index (χ2v) is 7.52. The molecule has 1 saturated carbocycles. The minimum absolute atomic E-state index is 0.0832. The van der Waals surface area contributed by atoms with Gasteiger partial charge in [-0.2, -0.15) is 0 Å². The number of ether oxygens (including phenoxy) is 2. The molecular formula is C15H28N2O3. The van der Waals surface area contributed by atoms with E-state index in [1.807, 2.05) is 20.8 Å². The van der Waals surface area contributed by atoms with Crippen molar-refractivity contribution >= 4 is 6.09 Å². The van der Waals surface area contributed by atoms with Gasteiger partial charge in [0.25, 0.3) is 0 Å². The van der Waals surface area contributed by atoms with E-state index in [1.165, 1.54) is 0 Å². The van der Waals surface area contributed by atoms with Crippen LogP contribution in [0.4, 0.5) is 4.79 Å². The topological polar surface area (TPSA) is 64.8 Å². The van der Waals surface area contributed by atoms with Crippen molar-refractivity contribution in [3.8, 4) is 0 Å². The Balaban J connectivity index is 1.95. The molecule has 0 aromatic rings. The highest BCUT2D eigenvalue weighted by Crippen LogP contribution is 2.60. The number of nitrogens with two attached hydrogens (primary N) is 1. The number of hydrogen-bond donors (Lipinski definition) is 1. The predicted molar refractivity (Wildman–Crippen MR) is 77.4 cm³/mol. The van der Waals surface area contributed by atoms with Crippen LogP contribution in [0.5, 0.6) is 0 Å². The molecule has 5 heteroatoms. The fourth-order valence-corrected chi connectivity index (χ4v) is 3.36. The van der Waals surface area contributed by atoms with Gasteiger partial charge in [-0.3, -0.25) is 0 Å². The van der Waals surface area contributed by atoms with Crippen molar-refractivity contribution in [2.45, 2.75) is 46.3 Å². The fraction of sp³-hybridized carbons (Fsp3) is 0.933. The lowest BCUT2D eigenvalue weighted by Gasteiger charge is -2.35. The third-order valence-electron chi connectivity index (χ3n) is 4.54. The Morgan fingerprint density at radius 1 is 1.45 bits per heavy atom. The molecule has 1 aliphatic heterocycles. The van der Waals surface area contributed by atoms with Crippen molar-refractivity contribution in [2.24, 2.45) is 23.0 Å². The number of rotatable bonds is 2. The van der Waals surface area contributed by atoms with E-state index in [0.717, 1.165) is 0 Å². The molecule has 1 amide bonds. The summed E-state index contributed by atoms with van der Waals surface area (Å²) in [5.41, 5.74) is 5.59. The van der Waals surface area contributed by atoms with E-state index in [-0.39, 0.29) is 17.6 Å². The molecule has 20 heavy (non-hydrogen) atoms. The van der Waals surface area contributed by atoms with Crippen molar-refractivity contribution in [2.75, 3.05) is 26.2 Å². The third-order valence-corrected chi connectivity index (χ3v) is 4.54. The lowest BCUT2D eigenvalue weighted by Crippen LogP contribution is -2.48. The van der Waals surface area contributed by atoms with Crippen LogP contribution >= 0.6 is 0 Å². The Morgan fingerprint density at radius 2 is 2.10 bits per heavy atom. The van der Waals surface area contributed by atoms with Crippen LogP contribution in [-0.4, -0.2) is 48.9 Å². The molecule has 2 N–H and O–H groups in total. The first-order chi connectivity index (χ1) is 9.16. The standard InChI is InChI=1S/C15H28N2O3/c1-14(2,3)20-13(18)17-6-7-19-11(9-17)12-10(8-16)15(12,4)5/h10-12H,6-9,16H2,1-5H3. The molecule has 1 saturated heterocycles. The van der Waals surface area contributed by atoms with Gasteiger partial charge in [0.1, 0.15) is 5.60 Å². The number of morpholine rings is 1. The number of amides is 1. The van der Waals surface area contributed by atoms with Gasteiger partial charge in [0.05, 0.1) is 19.3 Å². The highest BCUT2D eigenvalue weighted by atomic mass is 16.6. The maximum absolute atomic E-state index is 12.1. The van der Waals surface area contributed by atoms with Gasteiger partial charge in [0, 0.05) is 6.54 Å². The van der Waals surface area contributed by atoms with Crippen LogP contribution in [0.2, 0.25) is 0 Å². The van der Waals surface area contributed by atoms with E-state index >= 15 is 0 Å². The third kappa shape index (κ3) is 3.09. The van der Waals surface area contributed by atoms with E-state index in [9.17, 15) is 4.79 Å². The number of nitrogens with zero attached hydrogens (tertiary/aromatic N) is 1. The first-order valence-electron chi connectivity index (χ1n) is 7.46. The molecule has 0 aromatic carbocycles. The molecule has 3 atom stereocenters. The van der Waals surface area contributed by atoms with E-state index in [2.05, 4.69) is 13.8 Å². The maximum atomic E-state index is 12.1. The van der Waals surface area contributed by atoms with Crippen LogP contribution in [0.3, 0.4) is 0 Å². The zero-order chi connectivity index (χ0) is 15.1. The summed E-state index contributed by atoms with van der Waals surface area (Å²) in [5.74, 6) is 0.934. The van der Waals surface area contributed by atoms with Gasteiger partial charge >= 0.3 is 6.09 Å². The van der Waals surface area contributed by atoms with Crippen molar-refractivity contribution in [3.05, 3.63) is 0 Å². The molecule has 1 heterocycles. The Hall–Kier alpha value is -0.810. The smallest absolute Gasteiger partial charge is 0.410 e. The lowest BCUT2D eigenvalue weighted by molar-refractivity contribution is -0.0545. The average molecular weight is 284 g/mol. The van der Waals surface area contributed by atoms with Gasteiger partial charge in [-0.25, -0.2) is 4.79 Å². The van der Waals surface area contributed by atoms with Crippen molar-refractivity contribution < 1.29 is 14.3 Å². The summed E-state index contributed by atoms with van der Waals surface area (Å²) < 4.78 is 11.3. The summed E-state index contributed by atoms with van der Waals surface area (Å²) in [5, 5.41) is 0. The predicted octanol–water partition coefficient (Wildman–Crippen LogP) is 1.85. The molecule has 1 aliphatic carbocycles. The van der Waals surface area contributed by atoms with Gasteiger partial charge in [0.15, 0.2) is 0 Å². The molecule has 0 aromatic heterocycles. The molecule has 0 bridgehead atoms. The van der Waals surface area contributed by atoms with Gasteiger partial charge in [-0.05, 0) is 44.6 Å². The maximum Gasteiger partial charge on any atom is 0.410 e. The molecular weight excluding hydrogens is 256 g/mol. The highest BCUT2D eigenvalue weighted by molar-refractivity contribution is 5.68. The molecule has 3 unspecified atom stereocenters. The van der Waals surface area contributed by atoms with Crippen molar-refractivity contribution in [1.29, 1.82) is 0 Å². The molecule has 2 rings (SSSR count). The van der Waals surface area contributed by atoms with Crippen LogP contribution in [-0.2, 0) is 9.47 Å². The molecule has 2 aliphatic rings.